The van der Waals surface area contributed by atoms with Crippen LogP contribution in [0.25, 0.3) is 0 Å². The van der Waals surface area contributed by atoms with Crippen LogP contribution in [-0.2, 0) is 4.79 Å². The predicted octanol–water partition coefficient (Wildman–Crippen LogP) is 6.17. The molecular formula is C26H54ClO2P. The molecule has 0 bridgehead atoms. The van der Waals surface area contributed by atoms with E-state index in [2.05, 4.69) is 20.8 Å². The van der Waals surface area contributed by atoms with Gasteiger partial charge < -0.3 is 17.5 Å². The molecule has 0 unspecified atom stereocenters. The number of hydrogen-bond acceptors (Lipinski definition) is 1. The van der Waals surface area contributed by atoms with Crippen LogP contribution in [-0.4, -0.2) is 35.7 Å². The highest BCUT2D eigenvalue weighted by molar-refractivity contribution is 7.76. The molecule has 0 aliphatic rings. The van der Waals surface area contributed by atoms with Crippen LogP contribution in [0.4, 0.5) is 0 Å². The number of unbranched alkanes of at least 4 members (excludes halogenated alkanes) is 15. The van der Waals surface area contributed by atoms with Crippen molar-refractivity contribution in [3.63, 3.8) is 0 Å². The zero-order valence-corrected chi connectivity index (χ0v) is 22.4. The van der Waals surface area contributed by atoms with E-state index < -0.39 is 13.2 Å². The molecule has 0 spiro atoms. The van der Waals surface area contributed by atoms with Crippen LogP contribution in [0.5, 0.6) is 0 Å². The van der Waals surface area contributed by atoms with E-state index in [1.54, 1.807) is 0 Å². The fourth-order valence-corrected chi connectivity index (χ4v) is 8.94. The van der Waals surface area contributed by atoms with Gasteiger partial charge in [-0.1, -0.05) is 97.8 Å². The minimum absolute atomic E-state index is 0. The second-order valence-corrected chi connectivity index (χ2v) is 13.7. The first kappa shape index (κ1) is 32.4. The van der Waals surface area contributed by atoms with Crippen LogP contribution >= 0.6 is 7.26 Å². The summed E-state index contributed by atoms with van der Waals surface area (Å²) >= 11 is 0. The van der Waals surface area contributed by atoms with Crippen molar-refractivity contribution in [3.8, 4) is 0 Å². The Morgan fingerprint density at radius 1 is 0.533 bits per heavy atom. The average Bonchev–Trinajstić information content (AvgIpc) is 2.69. The summed E-state index contributed by atoms with van der Waals surface area (Å²) in [5.74, 6) is -0.527. The van der Waals surface area contributed by atoms with E-state index in [1.807, 2.05) is 0 Å². The molecule has 0 aliphatic carbocycles. The third-order valence-electron chi connectivity index (χ3n) is 6.43. The predicted molar refractivity (Wildman–Crippen MR) is 134 cm³/mol. The highest BCUT2D eigenvalue weighted by atomic mass is 35.5. The number of halogens is 1. The molecule has 1 N–H and O–H groups in total. The molecule has 0 fully saturated rings. The highest BCUT2D eigenvalue weighted by Crippen LogP contribution is 2.60. The number of rotatable bonds is 23. The molecule has 0 aromatic rings. The zero-order valence-electron chi connectivity index (χ0n) is 20.7. The summed E-state index contributed by atoms with van der Waals surface area (Å²) in [7, 11) is -1.32. The van der Waals surface area contributed by atoms with E-state index in [1.165, 1.54) is 134 Å². The summed E-state index contributed by atoms with van der Waals surface area (Å²) in [6.07, 6.45) is 28.1. The standard InChI is InChI=1S/C26H53O2P.ClH/c1-4-7-10-13-16-19-22-29(25-26(27)28,23-20-17-14-11-8-5-2)24-21-18-15-12-9-6-3;/h4-25H2,1-3H3;1H. The molecule has 0 saturated carbocycles. The van der Waals surface area contributed by atoms with E-state index >= 15 is 0 Å². The van der Waals surface area contributed by atoms with Crippen molar-refractivity contribution in [3.05, 3.63) is 0 Å². The molecule has 0 rings (SSSR count). The van der Waals surface area contributed by atoms with Crippen LogP contribution < -0.4 is 12.4 Å². The van der Waals surface area contributed by atoms with Gasteiger partial charge in [-0.2, -0.15) is 0 Å². The van der Waals surface area contributed by atoms with Gasteiger partial charge in [0, 0.05) is 7.26 Å². The molecule has 0 saturated heterocycles. The second-order valence-electron chi connectivity index (χ2n) is 9.37. The molecule has 0 amide bonds. The van der Waals surface area contributed by atoms with Gasteiger partial charge in [0.05, 0.1) is 18.5 Å². The fourth-order valence-electron chi connectivity index (χ4n) is 4.54. The Labute approximate surface area is 196 Å². The Balaban J connectivity index is 0. The SMILES string of the molecule is CCCCCCCC[P+](CCCCCCCC)(CCCCCCCC)CC(=O)O.[Cl-]. The minimum Gasteiger partial charge on any atom is -1.00 e. The quantitative estimate of drug-likeness (QED) is 0.145. The third-order valence-corrected chi connectivity index (χ3v) is 11.2. The molecule has 0 heterocycles. The van der Waals surface area contributed by atoms with Crippen molar-refractivity contribution in [1.82, 2.24) is 0 Å². The number of carboxylic acid groups (broad SMARTS) is 1. The first-order chi connectivity index (χ1) is 14.1. The summed E-state index contributed by atoms with van der Waals surface area (Å²) in [6, 6.07) is 0. The maximum Gasteiger partial charge on any atom is 0.341 e. The van der Waals surface area contributed by atoms with Gasteiger partial charge in [0.15, 0.2) is 6.16 Å². The third kappa shape index (κ3) is 20.1. The Hall–Kier alpha value is 0.190. The van der Waals surface area contributed by atoms with Gasteiger partial charge in [0.1, 0.15) is 0 Å². The molecule has 0 aliphatic heterocycles. The lowest BCUT2D eigenvalue weighted by Crippen LogP contribution is -3.00. The van der Waals surface area contributed by atoms with E-state index in [0.29, 0.717) is 6.16 Å². The number of hydrogen-bond donors (Lipinski definition) is 1. The highest BCUT2D eigenvalue weighted by Gasteiger charge is 2.38. The van der Waals surface area contributed by atoms with Crippen molar-refractivity contribution < 1.29 is 22.3 Å². The maximum absolute atomic E-state index is 11.8. The van der Waals surface area contributed by atoms with Gasteiger partial charge >= 0.3 is 5.97 Å². The molecule has 0 aromatic carbocycles. The van der Waals surface area contributed by atoms with Gasteiger partial charge in [-0.05, 0) is 38.5 Å². The monoisotopic (exact) mass is 464 g/mol. The maximum atomic E-state index is 11.8. The van der Waals surface area contributed by atoms with Gasteiger partial charge in [-0.15, -0.1) is 0 Å². The lowest BCUT2D eigenvalue weighted by Gasteiger charge is -2.26. The Kier molecular flexibility index (Phi) is 25.7. The lowest BCUT2D eigenvalue weighted by atomic mass is 10.1. The fraction of sp³-hybridized carbons (Fsp3) is 0.962. The number of carboxylic acids is 1. The number of aliphatic carboxylic acids is 1. The number of carbonyl (C=O) groups is 1. The van der Waals surface area contributed by atoms with Gasteiger partial charge in [-0.3, -0.25) is 0 Å². The van der Waals surface area contributed by atoms with Crippen LogP contribution in [0.2, 0.25) is 0 Å². The Morgan fingerprint density at radius 3 is 1.07 bits per heavy atom. The van der Waals surface area contributed by atoms with Crippen molar-refractivity contribution in [2.45, 2.75) is 136 Å². The first-order valence-electron chi connectivity index (χ1n) is 13.2. The van der Waals surface area contributed by atoms with Crippen LogP contribution in [0, 0.1) is 0 Å². The van der Waals surface area contributed by atoms with Crippen LogP contribution in [0.3, 0.4) is 0 Å². The van der Waals surface area contributed by atoms with Crippen molar-refractivity contribution >= 4 is 13.2 Å². The van der Waals surface area contributed by atoms with Gasteiger partial charge in [0.25, 0.3) is 0 Å². The molecule has 4 heteroatoms. The van der Waals surface area contributed by atoms with Crippen molar-refractivity contribution in [2.24, 2.45) is 0 Å². The molecule has 0 atom stereocenters. The van der Waals surface area contributed by atoms with Gasteiger partial charge in [0.2, 0.25) is 0 Å². The minimum atomic E-state index is -1.32. The van der Waals surface area contributed by atoms with Crippen molar-refractivity contribution in [2.75, 3.05) is 24.6 Å². The molecule has 0 aromatic heterocycles. The summed E-state index contributed by atoms with van der Waals surface area (Å²) in [5, 5.41) is 9.69. The van der Waals surface area contributed by atoms with E-state index in [-0.39, 0.29) is 12.4 Å². The van der Waals surface area contributed by atoms with Crippen LogP contribution in [0.1, 0.15) is 136 Å². The van der Waals surface area contributed by atoms with Crippen LogP contribution in [0.15, 0.2) is 0 Å². The molecule has 182 valence electrons. The molecule has 0 radical (unpaired) electrons. The zero-order chi connectivity index (χ0) is 21.6. The van der Waals surface area contributed by atoms with E-state index in [0.717, 1.165) is 0 Å². The normalized spacial score (nSPS) is 11.4. The largest absolute Gasteiger partial charge is 1.00 e. The summed E-state index contributed by atoms with van der Waals surface area (Å²) < 4.78 is 0. The van der Waals surface area contributed by atoms with Gasteiger partial charge in [-0.25, -0.2) is 4.79 Å². The first-order valence-corrected chi connectivity index (χ1v) is 15.7. The molecular weight excluding hydrogens is 411 g/mol. The van der Waals surface area contributed by atoms with E-state index in [9.17, 15) is 9.90 Å². The average molecular weight is 465 g/mol. The summed E-state index contributed by atoms with van der Waals surface area (Å²) in [5.41, 5.74) is 0. The smallest absolute Gasteiger partial charge is 0.341 e. The Bertz CT molecular complexity index is 322. The molecule has 30 heavy (non-hydrogen) atoms. The Morgan fingerprint density at radius 2 is 0.800 bits per heavy atom. The van der Waals surface area contributed by atoms with E-state index in [4.69, 9.17) is 0 Å². The van der Waals surface area contributed by atoms with Crippen molar-refractivity contribution in [1.29, 1.82) is 0 Å². The topological polar surface area (TPSA) is 37.3 Å². The second kappa shape index (κ2) is 23.8. The lowest BCUT2D eigenvalue weighted by molar-refractivity contribution is -0.134. The summed E-state index contributed by atoms with van der Waals surface area (Å²) in [4.78, 5) is 11.8. The molecule has 2 nitrogen and oxygen atoms in total. The summed E-state index contributed by atoms with van der Waals surface area (Å²) in [6.45, 7) is 6.80.